The molecule has 0 heterocycles. The van der Waals surface area contributed by atoms with Crippen molar-refractivity contribution in [1.82, 2.24) is 15.4 Å². The van der Waals surface area contributed by atoms with Crippen molar-refractivity contribution in [3.63, 3.8) is 0 Å². The number of halogens is 1. The minimum absolute atomic E-state index is 0. The first-order chi connectivity index (χ1) is 12.9. The molecule has 1 aliphatic carbocycles. The zero-order chi connectivity index (χ0) is 19.8. The lowest BCUT2D eigenvalue weighted by atomic mass is 9.83. The molecule has 0 spiro atoms. The summed E-state index contributed by atoms with van der Waals surface area (Å²) in [6, 6.07) is 6.90. The van der Waals surface area contributed by atoms with E-state index in [1.807, 2.05) is 6.07 Å². The molecule has 0 radical (unpaired) electrons. The first-order valence-corrected chi connectivity index (χ1v) is 10.9. The van der Waals surface area contributed by atoms with Crippen LogP contribution >= 0.6 is 24.0 Å². The molecule has 1 aliphatic rings. The van der Waals surface area contributed by atoms with E-state index in [9.17, 15) is 8.42 Å². The molecule has 160 valence electrons. The van der Waals surface area contributed by atoms with E-state index >= 15 is 0 Å². The van der Waals surface area contributed by atoms with E-state index in [0.29, 0.717) is 6.54 Å². The summed E-state index contributed by atoms with van der Waals surface area (Å²) in [5.41, 5.74) is 1.15. The maximum Gasteiger partial charge on any atom is 0.240 e. The maximum absolute atomic E-state index is 11.9. The summed E-state index contributed by atoms with van der Waals surface area (Å²) in [6.45, 7) is 2.14. The Bertz CT molecular complexity index is 734. The first kappa shape index (κ1) is 25.1. The summed E-state index contributed by atoms with van der Waals surface area (Å²) in [4.78, 5) is 4.56. The third-order valence-corrected chi connectivity index (χ3v) is 6.70. The van der Waals surface area contributed by atoms with Gasteiger partial charge in [-0.1, -0.05) is 25.0 Å². The lowest BCUT2D eigenvalue weighted by Crippen LogP contribution is -2.43. The van der Waals surface area contributed by atoms with Gasteiger partial charge in [-0.05, 0) is 49.4 Å². The van der Waals surface area contributed by atoms with Gasteiger partial charge in [0, 0.05) is 33.9 Å². The lowest BCUT2D eigenvalue weighted by molar-refractivity contribution is 0.138. The summed E-state index contributed by atoms with van der Waals surface area (Å²) in [7, 11) is 1.47. The number of nitrogens with one attached hydrogen (secondary N) is 3. The van der Waals surface area contributed by atoms with Crippen LogP contribution in [0.15, 0.2) is 34.2 Å². The number of hydrogen-bond donors (Lipinski definition) is 3. The van der Waals surface area contributed by atoms with Crippen LogP contribution in [0.5, 0.6) is 0 Å². The van der Waals surface area contributed by atoms with E-state index in [1.54, 1.807) is 32.4 Å². The zero-order valence-electron chi connectivity index (χ0n) is 17.0. The van der Waals surface area contributed by atoms with Crippen LogP contribution in [0, 0.1) is 5.41 Å². The highest BCUT2D eigenvalue weighted by molar-refractivity contribution is 14.0. The monoisotopic (exact) mass is 524 g/mol. The number of hydrogen-bond acceptors (Lipinski definition) is 4. The summed E-state index contributed by atoms with van der Waals surface area (Å²) in [5, 5.41) is 6.71. The predicted molar refractivity (Wildman–Crippen MR) is 124 cm³/mol. The fourth-order valence-corrected chi connectivity index (χ4v) is 4.38. The molecule has 0 bridgehead atoms. The number of methoxy groups -OCH3 is 1. The van der Waals surface area contributed by atoms with Crippen molar-refractivity contribution >= 4 is 40.0 Å². The van der Waals surface area contributed by atoms with Gasteiger partial charge in [-0.2, -0.15) is 0 Å². The highest BCUT2D eigenvalue weighted by Crippen LogP contribution is 2.40. The quantitative estimate of drug-likeness (QED) is 0.262. The Hall–Kier alpha value is -0.910. The van der Waals surface area contributed by atoms with E-state index in [-0.39, 0.29) is 34.3 Å². The number of nitrogens with zero attached hydrogens (tertiary/aromatic N) is 1. The topological polar surface area (TPSA) is 91.8 Å². The van der Waals surface area contributed by atoms with Gasteiger partial charge in [0.25, 0.3) is 0 Å². The number of aliphatic imine (C=N–C) groups is 1. The minimum atomic E-state index is -3.44. The molecule has 1 saturated carbocycles. The van der Waals surface area contributed by atoms with Crippen LogP contribution < -0.4 is 15.4 Å². The summed E-state index contributed by atoms with van der Waals surface area (Å²) < 4.78 is 31.5. The highest BCUT2D eigenvalue weighted by Gasteiger charge is 2.33. The molecule has 0 amide bonds. The first-order valence-electron chi connectivity index (χ1n) is 9.41. The molecule has 1 aromatic rings. The second-order valence-corrected chi connectivity index (χ2v) is 8.97. The predicted octanol–water partition coefficient (Wildman–Crippen LogP) is 2.47. The van der Waals surface area contributed by atoms with Gasteiger partial charge >= 0.3 is 0 Å². The molecule has 0 aromatic heterocycles. The average Bonchev–Trinajstić information content (AvgIpc) is 3.16. The Balaban J connectivity index is 0.00000392. The molecule has 3 N–H and O–H groups in total. The number of guanidine groups is 1. The van der Waals surface area contributed by atoms with Crippen LogP contribution in [0.2, 0.25) is 0 Å². The van der Waals surface area contributed by atoms with Crippen molar-refractivity contribution < 1.29 is 13.2 Å². The third kappa shape index (κ3) is 7.16. The van der Waals surface area contributed by atoms with E-state index in [1.165, 1.54) is 32.7 Å². The van der Waals surface area contributed by atoms with Crippen LogP contribution in [0.1, 0.15) is 37.7 Å². The van der Waals surface area contributed by atoms with E-state index in [0.717, 1.165) is 31.1 Å². The summed E-state index contributed by atoms with van der Waals surface area (Å²) >= 11 is 0. The molecule has 0 aliphatic heterocycles. The maximum atomic E-state index is 11.9. The Morgan fingerprint density at radius 2 is 1.96 bits per heavy atom. The Morgan fingerprint density at radius 3 is 2.57 bits per heavy atom. The van der Waals surface area contributed by atoms with Crippen LogP contribution in [0.4, 0.5) is 0 Å². The van der Waals surface area contributed by atoms with Crippen LogP contribution in [0.25, 0.3) is 0 Å². The number of benzene rings is 1. The van der Waals surface area contributed by atoms with E-state index in [2.05, 4.69) is 20.3 Å². The van der Waals surface area contributed by atoms with Crippen molar-refractivity contribution in [3.8, 4) is 0 Å². The third-order valence-electron chi connectivity index (χ3n) is 5.29. The Kier molecular flexibility index (Phi) is 10.7. The van der Waals surface area contributed by atoms with Gasteiger partial charge in [0.2, 0.25) is 10.0 Å². The van der Waals surface area contributed by atoms with Gasteiger partial charge in [-0.3, -0.25) is 4.99 Å². The van der Waals surface area contributed by atoms with Crippen molar-refractivity contribution in [2.45, 2.75) is 43.5 Å². The normalized spacial score (nSPS) is 16.5. The van der Waals surface area contributed by atoms with Gasteiger partial charge in [-0.25, -0.2) is 13.1 Å². The van der Waals surface area contributed by atoms with Gasteiger partial charge in [0.15, 0.2) is 5.96 Å². The van der Waals surface area contributed by atoms with Gasteiger partial charge in [0.05, 0.1) is 4.90 Å². The van der Waals surface area contributed by atoms with Gasteiger partial charge < -0.3 is 15.4 Å². The molecule has 0 saturated heterocycles. The number of ether oxygens (including phenoxy) is 1. The molecular weight excluding hydrogens is 491 g/mol. The lowest BCUT2D eigenvalue weighted by Gasteiger charge is -2.30. The SMILES string of the molecule is CN=C(NCc1cccc(S(=O)(=O)NC)c1)NCC1(CCOC)CCCC1.I. The minimum Gasteiger partial charge on any atom is -0.385 e. The largest absolute Gasteiger partial charge is 0.385 e. The summed E-state index contributed by atoms with van der Waals surface area (Å²) in [6.07, 6.45) is 6.01. The molecule has 0 unspecified atom stereocenters. The molecule has 0 atom stereocenters. The smallest absolute Gasteiger partial charge is 0.240 e. The van der Waals surface area contributed by atoms with Crippen molar-refractivity contribution in [2.75, 3.05) is 34.4 Å². The van der Waals surface area contributed by atoms with E-state index in [4.69, 9.17) is 4.74 Å². The fraction of sp³-hybridized carbons (Fsp3) is 0.632. The Labute approximate surface area is 186 Å². The molecule has 1 aromatic carbocycles. The van der Waals surface area contributed by atoms with Crippen LogP contribution in [0.3, 0.4) is 0 Å². The molecule has 9 heteroatoms. The molecule has 7 nitrogen and oxygen atoms in total. The van der Waals surface area contributed by atoms with Crippen LogP contribution in [-0.4, -0.2) is 48.7 Å². The van der Waals surface area contributed by atoms with Crippen molar-refractivity contribution in [2.24, 2.45) is 10.4 Å². The average molecular weight is 524 g/mol. The van der Waals surface area contributed by atoms with Crippen molar-refractivity contribution in [1.29, 1.82) is 0 Å². The van der Waals surface area contributed by atoms with Gasteiger partial charge in [-0.15, -0.1) is 24.0 Å². The van der Waals surface area contributed by atoms with E-state index < -0.39 is 10.0 Å². The number of rotatable bonds is 9. The molecule has 1 fully saturated rings. The fourth-order valence-electron chi connectivity index (χ4n) is 3.58. The zero-order valence-corrected chi connectivity index (χ0v) is 20.1. The summed E-state index contributed by atoms with van der Waals surface area (Å²) in [5.74, 6) is 0.723. The van der Waals surface area contributed by atoms with Crippen LogP contribution in [-0.2, 0) is 21.3 Å². The molecule has 2 rings (SSSR count). The van der Waals surface area contributed by atoms with Crippen molar-refractivity contribution in [3.05, 3.63) is 29.8 Å². The van der Waals surface area contributed by atoms with Gasteiger partial charge in [0.1, 0.15) is 0 Å². The second-order valence-electron chi connectivity index (χ2n) is 7.08. The standard InChI is InChI=1S/C19H32N4O3S.HI/c1-20-18(23-15-19(11-12-26-3)9-4-5-10-19)22-14-16-7-6-8-17(13-16)27(24,25)21-2;/h6-8,13,21H,4-5,9-12,14-15H2,1-3H3,(H2,20,22,23);1H. The highest BCUT2D eigenvalue weighted by atomic mass is 127. The molecule has 28 heavy (non-hydrogen) atoms. The Morgan fingerprint density at radius 1 is 1.25 bits per heavy atom. The molecular formula is C19H33IN4O3S. The number of sulfonamides is 1. The second kappa shape index (κ2) is 11.9.